The van der Waals surface area contributed by atoms with Gasteiger partial charge in [-0.05, 0) is 0 Å². The van der Waals surface area contributed by atoms with E-state index >= 15 is 0 Å². The standard InChI is InChI=1S/C28H22N2OSe/c1-31-24-19-17-23(18-20-24)30-27(22-13-7-3-8-14-22)28(32-25-15-9-4-10-16-25)26(29-30)21-11-5-2-6-12-21/h2-20H,1H3. The molecule has 5 aromatic rings. The molecule has 0 bridgehead atoms. The fourth-order valence-electron chi connectivity index (χ4n) is 3.65. The molecular weight excluding hydrogens is 459 g/mol. The molecule has 0 spiro atoms. The number of hydrogen-bond acceptors (Lipinski definition) is 2. The third kappa shape index (κ3) is 4.11. The Hall–Kier alpha value is -3.59. The van der Waals surface area contributed by atoms with Crippen molar-refractivity contribution in [3.8, 4) is 34.0 Å². The molecular formula is C28H22N2OSe. The molecule has 0 radical (unpaired) electrons. The summed E-state index contributed by atoms with van der Waals surface area (Å²) in [6.45, 7) is 0. The van der Waals surface area contributed by atoms with Gasteiger partial charge in [0.2, 0.25) is 0 Å². The first-order chi connectivity index (χ1) is 15.8. The van der Waals surface area contributed by atoms with Crippen LogP contribution in [0, 0.1) is 0 Å². The summed E-state index contributed by atoms with van der Waals surface area (Å²) in [5.41, 5.74) is 5.47. The molecule has 32 heavy (non-hydrogen) atoms. The van der Waals surface area contributed by atoms with Crippen LogP contribution < -0.4 is 13.7 Å². The first-order valence-electron chi connectivity index (χ1n) is 10.4. The van der Waals surface area contributed by atoms with Crippen LogP contribution in [0.25, 0.3) is 28.2 Å². The summed E-state index contributed by atoms with van der Waals surface area (Å²) in [6.07, 6.45) is 0. The van der Waals surface area contributed by atoms with E-state index in [9.17, 15) is 0 Å². The number of rotatable bonds is 6. The third-order valence-electron chi connectivity index (χ3n) is 5.22. The summed E-state index contributed by atoms with van der Waals surface area (Å²) in [5.74, 6) is 0.833. The Morgan fingerprint density at radius 3 is 1.81 bits per heavy atom. The third-order valence-corrected chi connectivity index (χ3v) is 7.52. The van der Waals surface area contributed by atoms with Gasteiger partial charge in [-0.25, -0.2) is 0 Å². The molecule has 0 aliphatic rings. The zero-order valence-electron chi connectivity index (χ0n) is 17.7. The summed E-state index contributed by atoms with van der Waals surface area (Å²) >= 11 is 0.0856. The van der Waals surface area contributed by atoms with E-state index in [1.165, 1.54) is 8.92 Å². The molecule has 4 heteroatoms. The van der Waals surface area contributed by atoms with Crippen molar-refractivity contribution >= 4 is 23.9 Å². The molecule has 0 unspecified atom stereocenters. The molecule has 0 saturated heterocycles. The van der Waals surface area contributed by atoms with Crippen LogP contribution in [0.3, 0.4) is 0 Å². The minimum absolute atomic E-state index is 0.0856. The van der Waals surface area contributed by atoms with Crippen molar-refractivity contribution in [1.29, 1.82) is 0 Å². The van der Waals surface area contributed by atoms with E-state index in [0.29, 0.717) is 0 Å². The van der Waals surface area contributed by atoms with Gasteiger partial charge in [-0.15, -0.1) is 0 Å². The van der Waals surface area contributed by atoms with Gasteiger partial charge < -0.3 is 0 Å². The van der Waals surface area contributed by atoms with Crippen LogP contribution in [0.15, 0.2) is 115 Å². The topological polar surface area (TPSA) is 27.1 Å². The predicted molar refractivity (Wildman–Crippen MR) is 132 cm³/mol. The van der Waals surface area contributed by atoms with Crippen LogP contribution in [-0.4, -0.2) is 31.8 Å². The summed E-state index contributed by atoms with van der Waals surface area (Å²) in [7, 11) is 1.69. The Morgan fingerprint density at radius 2 is 1.22 bits per heavy atom. The van der Waals surface area contributed by atoms with Gasteiger partial charge in [-0.2, -0.15) is 0 Å². The van der Waals surface area contributed by atoms with E-state index in [0.717, 1.165) is 34.0 Å². The van der Waals surface area contributed by atoms with E-state index in [1.807, 2.05) is 18.2 Å². The van der Waals surface area contributed by atoms with E-state index in [1.54, 1.807) is 7.11 Å². The van der Waals surface area contributed by atoms with Gasteiger partial charge in [0, 0.05) is 0 Å². The van der Waals surface area contributed by atoms with Crippen LogP contribution in [0.4, 0.5) is 0 Å². The molecule has 156 valence electrons. The van der Waals surface area contributed by atoms with Crippen LogP contribution in [0.1, 0.15) is 0 Å². The SMILES string of the molecule is COc1ccc(-n2nc(-c3ccccc3)c([Se]c3ccccc3)c2-c2ccccc2)cc1. The Balaban J connectivity index is 1.77. The van der Waals surface area contributed by atoms with Crippen molar-refractivity contribution in [2.45, 2.75) is 0 Å². The van der Waals surface area contributed by atoms with Crippen molar-refractivity contribution in [2.75, 3.05) is 7.11 Å². The van der Waals surface area contributed by atoms with E-state index in [4.69, 9.17) is 9.84 Å². The Morgan fingerprint density at radius 1 is 0.656 bits per heavy atom. The Labute approximate surface area is 194 Å². The van der Waals surface area contributed by atoms with Gasteiger partial charge in [0.05, 0.1) is 0 Å². The molecule has 0 fully saturated rings. The molecule has 3 nitrogen and oxygen atoms in total. The number of benzene rings is 4. The fourth-order valence-corrected chi connectivity index (χ4v) is 5.93. The van der Waals surface area contributed by atoms with Crippen molar-refractivity contribution in [3.05, 3.63) is 115 Å². The summed E-state index contributed by atoms with van der Waals surface area (Å²) in [4.78, 5) is 0. The molecule has 0 N–H and O–H groups in total. The number of hydrogen-bond donors (Lipinski definition) is 0. The van der Waals surface area contributed by atoms with Gasteiger partial charge in [-0.3, -0.25) is 0 Å². The number of aromatic nitrogens is 2. The number of methoxy groups -OCH3 is 1. The molecule has 4 aromatic carbocycles. The van der Waals surface area contributed by atoms with Crippen molar-refractivity contribution < 1.29 is 4.74 Å². The minimum atomic E-state index is 0.0856. The number of ether oxygens (including phenoxy) is 1. The van der Waals surface area contributed by atoms with Crippen LogP contribution in [-0.2, 0) is 0 Å². The van der Waals surface area contributed by atoms with E-state index in [-0.39, 0.29) is 15.0 Å². The van der Waals surface area contributed by atoms with Crippen LogP contribution >= 0.6 is 0 Å². The first kappa shape index (κ1) is 20.3. The molecule has 0 aliphatic heterocycles. The van der Waals surface area contributed by atoms with Gasteiger partial charge in [-0.1, -0.05) is 0 Å². The zero-order valence-corrected chi connectivity index (χ0v) is 19.4. The van der Waals surface area contributed by atoms with E-state index < -0.39 is 0 Å². The van der Waals surface area contributed by atoms with Gasteiger partial charge in [0.25, 0.3) is 0 Å². The first-order valence-corrected chi connectivity index (χ1v) is 12.2. The quantitative estimate of drug-likeness (QED) is 0.324. The fraction of sp³-hybridized carbons (Fsp3) is 0.0357. The normalized spacial score (nSPS) is 10.8. The van der Waals surface area contributed by atoms with E-state index in [2.05, 4.69) is 102 Å². The molecule has 0 amide bonds. The Kier molecular flexibility index (Phi) is 5.89. The van der Waals surface area contributed by atoms with Gasteiger partial charge in [0.15, 0.2) is 0 Å². The molecule has 0 saturated carbocycles. The maximum atomic E-state index is 5.37. The molecule has 1 aromatic heterocycles. The zero-order chi connectivity index (χ0) is 21.8. The second kappa shape index (κ2) is 9.27. The molecule has 5 rings (SSSR count). The van der Waals surface area contributed by atoms with Gasteiger partial charge in [0.1, 0.15) is 0 Å². The number of nitrogens with zero attached hydrogens (tertiary/aromatic N) is 2. The summed E-state index contributed by atoms with van der Waals surface area (Å²) < 4.78 is 10.0. The molecule has 1 heterocycles. The molecule has 0 aliphatic carbocycles. The van der Waals surface area contributed by atoms with Crippen LogP contribution in [0.2, 0.25) is 0 Å². The second-order valence-corrected chi connectivity index (χ2v) is 9.56. The second-order valence-electron chi connectivity index (χ2n) is 7.28. The molecule has 0 atom stereocenters. The maximum absolute atomic E-state index is 5.37. The summed E-state index contributed by atoms with van der Waals surface area (Å²) in [6, 6.07) is 39.8. The average Bonchev–Trinajstić information content (AvgIpc) is 3.25. The van der Waals surface area contributed by atoms with Crippen molar-refractivity contribution in [1.82, 2.24) is 9.78 Å². The average molecular weight is 481 g/mol. The monoisotopic (exact) mass is 482 g/mol. The summed E-state index contributed by atoms with van der Waals surface area (Å²) in [5, 5.41) is 5.17. The Bertz CT molecular complexity index is 1300. The van der Waals surface area contributed by atoms with Crippen molar-refractivity contribution in [2.24, 2.45) is 0 Å². The van der Waals surface area contributed by atoms with Crippen LogP contribution in [0.5, 0.6) is 5.75 Å². The predicted octanol–water partition coefficient (Wildman–Crippen LogP) is 4.87. The van der Waals surface area contributed by atoms with Gasteiger partial charge >= 0.3 is 195 Å². The van der Waals surface area contributed by atoms with Crippen molar-refractivity contribution in [3.63, 3.8) is 0 Å².